The Morgan fingerprint density at radius 3 is 2.94 bits per heavy atom. The molecule has 1 unspecified atom stereocenters. The van der Waals surface area contributed by atoms with Crippen molar-refractivity contribution in [1.29, 1.82) is 0 Å². The van der Waals surface area contributed by atoms with Gasteiger partial charge in [-0.2, -0.15) is 0 Å². The van der Waals surface area contributed by atoms with Gasteiger partial charge >= 0.3 is 5.97 Å². The Balaban J connectivity index is 1.81. The van der Waals surface area contributed by atoms with Crippen LogP contribution in [0.25, 0.3) is 0 Å². The van der Waals surface area contributed by atoms with Crippen LogP contribution in [0.1, 0.15) is 35.7 Å². The molecular weight excluding hydrogens is 214 g/mol. The quantitative estimate of drug-likeness (QED) is 0.793. The molecule has 92 valence electrons. The van der Waals surface area contributed by atoms with E-state index in [1.165, 1.54) is 12.8 Å². The Hall–Kier alpha value is -1.35. The number of rotatable bonds is 6. The highest BCUT2D eigenvalue weighted by Gasteiger charge is 2.27. The zero-order chi connectivity index (χ0) is 12.3. The molecule has 0 aliphatic heterocycles. The van der Waals surface area contributed by atoms with Crippen molar-refractivity contribution in [3.8, 4) is 0 Å². The Kier molecular flexibility index (Phi) is 3.79. The van der Waals surface area contributed by atoms with Crippen LogP contribution in [0, 0.1) is 11.8 Å². The molecule has 3 nitrogen and oxygen atoms in total. The lowest BCUT2D eigenvalue weighted by molar-refractivity contribution is 0.0696. The average molecular weight is 233 g/mol. The predicted octanol–water partition coefficient (Wildman–Crippen LogP) is 2.52. The van der Waals surface area contributed by atoms with E-state index in [0.717, 1.165) is 30.5 Å². The molecule has 0 saturated heterocycles. The molecule has 1 fully saturated rings. The van der Waals surface area contributed by atoms with Crippen LogP contribution in [0.15, 0.2) is 24.3 Å². The number of nitrogens with one attached hydrogen (secondary N) is 1. The molecule has 1 atom stereocenters. The Bertz CT molecular complexity index is 399. The minimum atomic E-state index is -0.863. The third-order valence-corrected chi connectivity index (χ3v) is 3.40. The molecule has 0 amide bonds. The SMILES string of the molecule is CC(CNCc1cccc(C(=O)O)c1)C1CC1. The van der Waals surface area contributed by atoms with Gasteiger partial charge in [-0.3, -0.25) is 0 Å². The van der Waals surface area contributed by atoms with Crippen molar-refractivity contribution in [3.63, 3.8) is 0 Å². The van der Waals surface area contributed by atoms with Gasteiger partial charge in [0.15, 0.2) is 0 Å². The Labute approximate surface area is 102 Å². The summed E-state index contributed by atoms with van der Waals surface area (Å²) >= 11 is 0. The van der Waals surface area contributed by atoms with Gasteiger partial charge in [-0.15, -0.1) is 0 Å². The summed E-state index contributed by atoms with van der Waals surface area (Å²) in [5.41, 5.74) is 1.40. The van der Waals surface area contributed by atoms with E-state index in [1.807, 2.05) is 6.07 Å². The molecule has 0 spiro atoms. The monoisotopic (exact) mass is 233 g/mol. The molecule has 2 N–H and O–H groups in total. The van der Waals surface area contributed by atoms with Gasteiger partial charge in [0.2, 0.25) is 0 Å². The standard InChI is InChI=1S/C14H19NO2/c1-10(12-5-6-12)8-15-9-11-3-2-4-13(7-11)14(16)17/h2-4,7,10,12,15H,5-6,8-9H2,1H3,(H,16,17). The van der Waals surface area contributed by atoms with Crippen LogP contribution in [0.3, 0.4) is 0 Å². The normalized spacial score (nSPS) is 16.8. The van der Waals surface area contributed by atoms with Gasteiger partial charge in [0.25, 0.3) is 0 Å². The van der Waals surface area contributed by atoms with Gasteiger partial charge in [-0.05, 0) is 48.9 Å². The maximum atomic E-state index is 10.8. The first-order valence-electron chi connectivity index (χ1n) is 6.20. The zero-order valence-electron chi connectivity index (χ0n) is 10.1. The van der Waals surface area contributed by atoms with E-state index in [4.69, 9.17) is 5.11 Å². The number of benzene rings is 1. The molecule has 1 aliphatic rings. The Morgan fingerprint density at radius 1 is 1.53 bits per heavy atom. The summed E-state index contributed by atoms with van der Waals surface area (Å²) < 4.78 is 0. The summed E-state index contributed by atoms with van der Waals surface area (Å²) in [6, 6.07) is 7.11. The van der Waals surface area contributed by atoms with E-state index < -0.39 is 5.97 Å². The first-order valence-corrected chi connectivity index (χ1v) is 6.20. The fourth-order valence-corrected chi connectivity index (χ4v) is 2.09. The van der Waals surface area contributed by atoms with Crippen molar-refractivity contribution in [2.75, 3.05) is 6.54 Å². The lowest BCUT2D eigenvalue weighted by atomic mass is 10.1. The van der Waals surface area contributed by atoms with Crippen LogP contribution in [0.5, 0.6) is 0 Å². The maximum Gasteiger partial charge on any atom is 0.335 e. The molecule has 1 aromatic carbocycles. The average Bonchev–Trinajstić information content (AvgIpc) is 3.13. The number of hydrogen-bond acceptors (Lipinski definition) is 2. The molecule has 1 saturated carbocycles. The highest BCUT2D eigenvalue weighted by molar-refractivity contribution is 5.87. The fraction of sp³-hybridized carbons (Fsp3) is 0.500. The smallest absolute Gasteiger partial charge is 0.335 e. The van der Waals surface area contributed by atoms with Crippen molar-refractivity contribution in [1.82, 2.24) is 5.32 Å². The molecule has 1 aliphatic carbocycles. The molecule has 0 bridgehead atoms. The van der Waals surface area contributed by atoms with E-state index in [9.17, 15) is 4.79 Å². The highest BCUT2D eigenvalue weighted by atomic mass is 16.4. The van der Waals surface area contributed by atoms with Crippen LogP contribution >= 0.6 is 0 Å². The lowest BCUT2D eigenvalue weighted by Crippen LogP contribution is -2.21. The number of hydrogen-bond donors (Lipinski definition) is 2. The first kappa shape index (κ1) is 12.1. The third-order valence-electron chi connectivity index (χ3n) is 3.40. The highest BCUT2D eigenvalue weighted by Crippen LogP contribution is 2.36. The van der Waals surface area contributed by atoms with E-state index >= 15 is 0 Å². The fourth-order valence-electron chi connectivity index (χ4n) is 2.09. The van der Waals surface area contributed by atoms with Crippen LogP contribution < -0.4 is 5.32 Å². The van der Waals surface area contributed by atoms with Crippen molar-refractivity contribution < 1.29 is 9.90 Å². The van der Waals surface area contributed by atoms with E-state index in [2.05, 4.69) is 12.2 Å². The number of aromatic carboxylic acids is 1. The van der Waals surface area contributed by atoms with Gasteiger partial charge in [0.05, 0.1) is 5.56 Å². The number of carboxylic acids is 1. The third kappa shape index (κ3) is 3.56. The van der Waals surface area contributed by atoms with Crippen molar-refractivity contribution in [3.05, 3.63) is 35.4 Å². The zero-order valence-corrected chi connectivity index (χ0v) is 10.1. The van der Waals surface area contributed by atoms with Gasteiger partial charge in [-0.25, -0.2) is 4.79 Å². The molecule has 0 aromatic heterocycles. The summed E-state index contributed by atoms with van der Waals surface area (Å²) in [4.78, 5) is 10.8. The molecule has 17 heavy (non-hydrogen) atoms. The second-order valence-corrected chi connectivity index (χ2v) is 4.95. The van der Waals surface area contributed by atoms with Crippen LogP contribution in [-0.4, -0.2) is 17.6 Å². The summed E-state index contributed by atoms with van der Waals surface area (Å²) in [6.45, 7) is 4.04. The second-order valence-electron chi connectivity index (χ2n) is 4.95. The molecule has 1 aromatic rings. The summed E-state index contributed by atoms with van der Waals surface area (Å²) in [7, 11) is 0. The largest absolute Gasteiger partial charge is 0.478 e. The summed E-state index contributed by atoms with van der Waals surface area (Å²) in [6.07, 6.45) is 2.74. The minimum absolute atomic E-state index is 0.361. The molecule has 0 radical (unpaired) electrons. The van der Waals surface area contributed by atoms with Crippen molar-refractivity contribution in [2.24, 2.45) is 11.8 Å². The van der Waals surface area contributed by atoms with Crippen molar-refractivity contribution in [2.45, 2.75) is 26.3 Å². The second kappa shape index (κ2) is 5.32. The van der Waals surface area contributed by atoms with Crippen LogP contribution in [0.4, 0.5) is 0 Å². The molecule has 3 heteroatoms. The maximum absolute atomic E-state index is 10.8. The first-order chi connectivity index (χ1) is 8.16. The molecule has 2 rings (SSSR count). The van der Waals surface area contributed by atoms with Gasteiger partial charge in [0, 0.05) is 6.54 Å². The summed E-state index contributed by atoms with van der Waals surface area (Å²) in [5, 5.41) is 12.3. The molecule has 0 heterocycles. The molecular formula is C14H19NO2. The number of carboxylic acid groups (broad SMARTS) is 1. The lowest BCUT2D eigenvalue weighted by Gasteiger charge is -2.11. The summed E-state index contributed by atoms with van der Waals surface area (Å²) in [5.74, 6) is 0.781. The van der Waals surface area contributed by atoms with Crippen molar-refractivity contribution >= 4 is 5.97 Å². The van der Waals surface area contributed by atoms with Gasteiger partial charge < -0.3 is 10.4 Å². The number of carbonyl (C=O) groups is 1. The predicted molar refractivity (Wildman–Crippen MR) is 67.0 cm³/mol. The van der Waals surface area contributed by atoms with Gasteiger partial charge in [0.1, 0.15) is 0 Å². The van der Waals surface area contributed by atoms with E-state index in [1.54, 1.807) is 18.2 Å². The van der Waals surface area contributed by atoms with Crippen LogP contribution in [-0.2, 0) is 6.54 Å². The minimum Gasteiger partial charge on any atom is -0.478 e. The topological polar surface area (TPSA) is 49.3 Å². The van der Waals surface area contributed by atoms with E-state index in [0.29, 0.717) is 5.56 Å². The Morgan fingerprint density at radius 2 is 2.29 bits per heavy atom. The van der Waals surface area contributed by atoms with Crippen LogP contribution in [0.2, 0.25) is 0 Å². The van der Waals surface area contributed by atoms with Gasteiger partial charge in [-0.1, -0.05) is 19.1 Å². The van der Waals surface area contributed by atoms with E-state index in [-0.39, 0.29) is 0 Å².